The van der Waals surface area contributed by atoms with Gasteiger partial charge in [-0.15, -0.1) is 11.3 Å². The van der Waals surface area contributed by atoms with Crippen LogP contribution in [0.2, 0.25) is 0 Å². The smallest absolute Gasteiger partial charge is 0.244 e. The summed E-state index contributed by atoms with van der Waals surface area (Å²) in [5.74, 6) is -0.0902. The maximum atomic E-state index is 14.1. The first kappa shape index (κ1) is 29.5. The van der Waals surface area contributed by atoms with Crippen molar-refractivity contribution in [2.45, 2.75) is 78.2 Å². The summed E-state index contributed by atoms with van der Waals surface area (Å²) in [5, 5.41) is 2.09. The summed E-state index contributed by atoms with van der Waals surface area (Å²) >= 11 is 1.73. The zero-order valence-electron chi connectivity index (χ0n) is 24.5. The van der Waals surface area contributed by atoms with Crippen molar-refractivity contribution in [3.63, 3.8) is 0 Å². The molecule has 1 aliphatic heterocycles. The Hall–Kier alpha value is -2.48. The van der Waals surface area contributed by atoms with E-state index in [0.717, 1.165) is 23.1 Å². The molecule has 2 heterocycles. The van der Waals surface area contributed by atoms with Crippen LogP contribution in [0.3, 0.4) is 0 Å². The molecule has 0 unspecified atom stereocenters. The minimum atomic E-state index is -3.87. The molecule has 4 rings (SSSR count). The molecule has 39 heavy (non-hydrogen) atoms. The van der Waals surface area contributed by atoms with Crippen LogP contribution in [0, 0.1) is 26.7 Å². The number of carbonyl (C=O) groups is 1. The molecule has 1 aromatic heterocycles. The van der Waals surface area contributed by atoms with Crippen LogP contribution in [-0.4, -0.2) is 43.2 Å². The van der Waals surface area contributed by atoms with Crippen LogP contribution in [0.25, 0.3) is 0 Å². The summed E-state index contributed by atoms with van der Waals surface area (Å²) in [7, 11) is -3.87. The molecule has 1 aliphatic rings. The first-order valence-corrected chi connectivity index (χ1v) is 16.1. The second kappa shape index (κ2) is 11.2. The lowest BCUT2D eigenvalue weighted by Gasteiger charge is -2.38. The third kappa shape index (κ3) is 6.16. The van der Waals surface area contributed by atoms with Crippen molar-refractivity contribution < 1.29 is 13.2 Å². The second-order valence-corrected chi connectivity index (χ2v) is 15.2. The fourth-order valence-corrected chi connectivity index (χ4v) is 8.58. The number of sulfonamides is 1. The molecule has 0 saturated heterocycles. The van der Waals surface area contributed by atoms with Gasteiger partial charge in [-0.3, -0.25) is 4.79 Å². The number of fused-ring (bicyclic) bond motifs is 1. The molecule has 0 aliphatic carbocycles. The lowest BCUT2D eigenvalue weighted by molar-refractivity contribution is -0.133. The minimum Gasteiger partial charge on any atom is -0.330 e. The molecule has 7 heteroatoms. The lowest BCUT2D eigenvalue weighted by atomic mass is 9.85. The van der Waals surface area contributed by atoms with Gasteiger partial charge < -0.3 is 4.90 Å². The molecule has 210 valence electrons. The first-order chi connectivity index (χ1) is 18.2. The molecule has 2 aromatic carbocycles. The van der Waals surface area contributed by atoms with Crippen LogP contribution >= 0.6 is 11.3 Å². The van der Waals surface area contributed by atoms with Gasteiger partial charge in [-0.1, -0.05) is 76.6 Å². The van der Waals surface area contributed by atoms with Crippen LogP contribution in [0.1, 0.15) is 78.9 Å². The molecule has 5 nitrogen and oxygen atoms in total. The Bertz CT molecular complexity index is 1420. The van der Waals surface area contributed by atoms with Crippen molar-refractivity contribution >= 4 is 27.3 Å². The van der Waals surface area contributed by atoms with Crippen molar-refractivity contribution in [1.82, 2.24) is 9.21 Å². The lowest BCUT2D eigenvalue weighted by Crippen LogP contribution is -2.47. The van der Waals surface area contributed by atoms with Crippen molar-refractivity contribution in [2.75, 3.05) is 19.6 Å². The number of amides is 1. The fraction of sp³-hybridized carbons (Fsp3) is 0.469. The predicted octanol–water partition coefficient (Wildman–Crippen LogP) is 6.79. The number of benzene rings is 2. The quantitative estimate of drug-likeness (QED) is 0.316. The Morgan fingerprint density at radius 1 is 1.05 bits per heavy atom. The zero-order valence-corrected chi connectivity index (χ0v) is 26.2. The van der Waals surface area contributed by atoms with Crippen molar-refractivity contribution in [2.24, 2.45) is 5.92 Å². The van der Waals surface area contributed by atoms with E-state index >= 15 is 0 Å². The van der Waals surface area contributed by atoms with Crippen molar-refractivity contribution in [1.29, 1.82) is 0 Å². The largest absolute Gasteiger partial charge is 0.330 e. The zero-order chi connectivity index (χ0) is 28.7. The highest BCUT2D eigenvalue weighted by atomic mass is 32.2. The Morgan fingerprint density at radius 2 is 1.67 bits per heavy atom. The number of nitrogens with zero attached hydrogens (tertiary/aromatic N) is 2. The SMILES string of the molecule is Cc1cc(C)c(S(=O)(=O)N(CC(=O)N2CCc3sccc3[C@H]2c2ccc(C(C)(C)C)cc2)CC(C)C)c(C)c1. The van der Waals surface area contributed by atoms with E-state index in [4.69, 9.17) is 0 Å². The van der Waals surface area contributed by atoms with E-state index in [0.29, 0.717) is 22.6 Å². The number of rotatable bonds is 7. The highest BCUT2D eigenvalue weighted by Gasteiger charge is 2.36. The van der Waals surface area contributed by atoms with Gasteiger partial charge in [0.1, 0.15) is 0 Å². The summed E-state index contributed by atoms with van der Waals surface area (Å²) in [5.41, 5.74) is 5.93. The van der Waals surface area contributed by atoms with Gasteiger partial charge in [0.05, 0.1) is 17.5 Å². The van der Waals surface area contributed by atoms with E-state index in [1.165, 1.54) is 14.7 Å². The van der Waals surface area contributed by atoms with E-state index in [-0.39, 0.29) is 36.4 Å². The average Bonchev–Trinajstić information content (AvgIpc) is 3.30. The van der Waals surface area contributed by atoms with E-state index < -0.39 is 10.0 Å². The standard InChI is InChI=1S/C32H42N2O3S2/c1-21(2)19-33(39(36,37)31-23(4)17-22(3)18-24(31)5)20-29(35)34-15-13-28-27(14-16-38-28)30(34)25-9-11-26(12-10-25)32(6,7)8/h9-12,14,16-18,21,30H,13,15,19-20H2,1-8H3/t30-/m1/s1. The Labute approximate surface area is 238 Å². The van der Waals surface area contributed by atoms with E-state index in [1.807, 2.05) is 51.7 Å². The average molecular weight is 567 g/mol. The molecule has 0 fully saturated rings. The monoisotopic (exact) mass is 566 g/mol. The highest BCUT2D eigenvalue weighted by Crippen LogP contribution is 2.39. The van der Waals surface area contributed by atoms with Gasteiger partial charge in [0.15, 0.2) is 0 Å². The third-order valence-electron chi connectivity index (χ3n) is 7.46. The fourth-order valence-electron chi connectivity index (χ4n) is 5.71. The van der Waals surface area contributed by atoms with Gasteiger partial charge in [-0.05, 0) is 77.8 Å². The van der Waals surface area contributed by atoms with E-state index in [9.17, 15) is 13.2 Å². The van der Waals surface area contributed by atoms with E-state index in [1.54, 1.807) is 11.3 Å². The third-order valence-corrected chi connectivity index (χ3v) is 10.6. The maximum Gasteiger partial charge on any atom is 0.244 e. The first-order valence-electron chi connectivity index (χ1n) is 13.7. The normalized spacial score (nSPS) is 16.2. The molecular weight excluding hydrogens is 524 g/mol. The van der Waals surface area contributed by atoms with Gasteiger partial charge in [-0.25, -0.2) is 8.42 Å². The van der Waals surface area contributed by atoms with E-state index in [2.05, 4.69) is 56.5 Å². The van der Waals surface area contributed by atoms with Crippen LogP contribution < -0.4 is 0 Å². The molecule has 0 N–H and O–H groups in total. The number of hydrogen-bond acceptors (Lipinski definition) is 4. The van der Waals surface area contributed by atoms with Crippen LogP contribution in [-0.2, 0) is 26.7 Å². The maximum absolute atomic E-state index is 14.1. The molecule has 1 atom stereocenters. The summed E-state index contributed by atoms with van der Waals surface area (Å²) in [6, 6.07) is 14.2. The summed E-state index contributed by atoms with van der Waals surface area (Å²) in [4.78, 5) is 17.6. The highest BCUT2D eigenvalue weighted by molar-refractivity contribution is 7.89. The molecule has 0 radical (unpaired) electrons. The van der Waals surface area contributed by atoms with Crippen LogP contribution in [0.15, 0.2) is 52.7 Å². The minimum absolute atomic E-state index is 0.0338. The number of thiophene rings is 1. The van der Waals surface area contributed by atoms with Crippen LogP contribution in [0.4, 0.5) is 0 Å². The molecule has 3 aromatic rings. The Kier molecular flexibility index (Phi) is 8.46. The van der Waals surface area contributed by atoms with Crippen molar-refractivity contribution in [3.8, 4) is 0 Å². The predicted molar refractivity (Wildman–Crippen MR) is 161 cm³/mol. The molecule has 0 bridgehead atoms. The van der Waals surface area contributed by atoms with Gasteiger partial charge in [0.2, 0.25) is 15.9 Å². The molecular formula is C32H42N2O3S2. The Balaban J connectivity index is 1.71. The number of carbonyl (C=O) groups excluding carboxylic acids is 1. The number of aryl methyl sites for hydroxylation is 3. The van der Waals surface area contributed by atoms with Crippen LogP contribution in [0.5, 0.6) is 0 Å². The molecule has 0 spiro atoms. The number of hydrogen-bond donors (Lipinski definition) is 0. The van der Waals surface area contributed by atoms with Gasteiger partial charge in [0, 0.05) is 18.0 Å². The summed E-state index contributed by atoms with van der Waals surface area (Å²) < 4.78 is 29.5. The second-order valence-electron chi connectivity index (χ2n) is 12.3. The molecule has 1 amide bonds. The van der Waals surface area contributed by atoms with Gasteiger partial charge in [0.25, 0.3) is 0 Å². The topological polar surface area (TPSA) is 57.7 Å². The summed E-state index contributed by atoms with van der Waals surface area (Å²) in [6.45, 7) is 16.9. The molecule has 0 saturated carbocycles. The summed E-state index contributed by atoms with van der Waals surface area (Å²) in [6.07, 6.45) is 0.780. The Morgan fingerprint density at radius 3 is 2.23 bits per heavy atom. The van der Waals surface area contributed by atoms with Crippen molar-refractivity contribution in [3.05, 3.63) is 86.1 Å². The van der Waals surface area contributed by atoms with Gasteiger partial charge >= 0.3 is 0 Å². The van der Waals surface area contributed by atoms with Gasteiger partial charge in [-0.2, -0.15) is 4.31 Å².